The number of fused-ring (bicyclic) bond motifs is 1. The maximum Gasteiger partial charge on any atom is 0.358 e. The Labute approximate surface area is 118 Å². The molecule has 6 nitrogen and oxygen atoms in total. The molecule has 0 saturated carbocycles. The predicted octanol–water partition coefficient (Wildman–Crippen LogP) is 2.85. The van der Waals surface area contributed by atoms with Crippen LogP contribution in [0.25, 0.3) is 11.0 Å². The molecule has 1 aromatic carbocycles. The number of nitrogens with zero attached hydrogens (tertiary/aromatic N) is 2. The van der Waals surface area contributed by atoms with Gasteiger partial charge in [0.2, 0.25) is 0 Å². The molecule has 0 radical (unpaired) electrons. The van der Waals surface area contributed by atoms with Gasteiger partial charge in [-0.2, -0.15) is 0 Å². The van der Waals surface area contributed by atoms with Crippen LogP contribution in [-0.4, -0.2) is 26.2 Å². The summed E-state index contributed by atoms with van der Waals surface area (Å²) in [5, 5.41) is 13.0. The Hall–Kier alpha value is -2.28. The van der Waals surface area contributed by atoms with Gasteiger partial charge in [0.15, 0.2) is 10.9 Å². The van der Waals surface area contributed by atoms with E-state index in [-0.39, 0.29) is 5.69 Å². The van der Waals surface area contributed by atoms with Crippen LogP contribution in [0.2, 0.25) is 0 Å². The van der Waals surface area contributed by atoms with Crippen LogP contribution < -0.4 is 0 Å². The second-order valence-corrected chi connectivity index (χ2v) is 5.30. The highest BCUT2D eigenvalue weighted by atomic mass is 32.2. The van der Waals surface area contributed by atoms with E-state index in [1.165, 1.54) is 23.4 Å². The Morgan fingerprint density at radius 2 is 2.30 bits per heavy atom. The van der Waals surface area contributed by atoms with Crippen molar-refractivity contribution in [3.8, 4) is 0 Å². The SMILES string of the molecule is Cc1ccc2nc(SCc3cc(C(=O)O)no3)[nH]c2c1. The van der Waals surface area contributed by atoms with E-state index in [9.17, 15) is 4.79 Å². The minimum absolute atomic E-state index is 0.0826. The number of aromatic carboxylic acids is 1. The van der Waals surface area contributed by atoms with Crippen LogP contribution in [0, 0.1) is 6.92 Å². The average molecular weight is 289 g/mol. The molecule has 102 valence electrons. The number of benzene rings is 1. The van der Waals surface area contributed by atoms with Crippen molar-refractivity contribution < 1.29 is 14.4 Å². The third kappa shape index (κ3) is 2.53. The largest absolute Gasteiger partial charge is 0.476 e. The van der Waals surface area contributed by atoms with Crippen molar-refractivity contribution in [2.75, 3.05) is 0 Å². The van der Waals surface area contributed by atoms with E-state index in [1.54, 1.807) is 0 Å². The number of aromatic nitrogens is 3. The molecule has 2 aromatic heterocycles. The van der Waals surface area contributed by atoms with Gasteiger partial charge in [0, 0.05) is 6.07 Å². The normalized spacial score (nSPS) is 11.1. The molecule has 0 aliphatic rings. The Bertz CT molecular complexity index is 778. The van der Waals surface area contributed by atoms with Gasteiger partial charge in [-0.3, -0.25) is 0 Å². The standard InChI is InChI=1S/C13H11N3O3S/c1-7-2-3-9-10(4-7)15-13(14-9)20-6-8-5-11(12(17)18)16-19-8/h2-5H,6H2,1H3,(H,14,15)(H,17,18). The van der Waals surface area contributed by atoms with Crippen LogP contribution in [0.3, 0.4) is 0 Å². The highest BCUT2D eigenvalue weighted by molar-refractivity contribution is 7.98. The minimum Gasteiger partial charge on any atom is -0.476 e. The first-order chi connectivity index (χ1) is 9.61. The lowest BCUT2D eigenvalue weighted by molar-refractivity contribution is 0.0685. The highest BCUT2D eigenvalue weighted by Crippen LogP contribution is 2.23. The summed E-state index contributed by atoms with van der Waals surface area (Å²) in [6, 6.07) is 7.42. The Morgan fingerprint density at radius 1 is 1.45 bits per heavy atom. The second kappa shape index (κ2) is 5.01. The maximum atomic E-state index is 10.7. The quantitative estimate of drug-likeness (QED) is 0.717. The number of carboxylic acid groups (broad SMARTS) is 1. The van der Waals surface area contributed by atoms with Gasteiger partial charge in [0.1, 0.15) is 5.76 Å². The van der Waals surface area contributed by atoms with Gasteiger partial charge < -0.3 is 14.6 Å². The number of hydrogen-bond donors (Lipinski definition) is 2. The molecular weight excluding hydrogens is 278 g/mol. The summed E-state index contributed by atoms with van der Waals surface area (Å²) < 4.78 is 4.95. The number of H-pyrrole nitrogens is 1. The van der Waals surface area contributed by atoms with E-state index in [4.69, 9.17) is 9.63 Å². The van der Waals surface area contributed by atoms with Crippen molar-refractivity contribution in [3.63, 3.8) is 0 Å². The fourth-order valence-electron chi connectivity index (χ4n) is 1.79. The molecule has 2 N–H and O–H groups in total. The molecule has 0 amide bonds. The fraction of sp³-hybridized carbons (Fsp3) is 0.154. The number of hydrogen-bond acceptors (Lipinski definition) is 5. The molecule has 0 saturated heterocycles. The summed E-state index contributed by atoms with van der Waals surface area (Å²) in [5.74, 6) is -0.118. The van der Waals surface area contributed by atoms with Crippen molar-refractivity contribution in [2.45, 2.75) is 17.8 Å². The number of aryl methyl sites for hydroxylation is 1. The van der Waals surface area contributed by atoms with E-state index in [2.05, 4.69) is 15.1 Å². The number of rotatable bonds is 4. The first-order valence-electron chi connectivity index (χ1n) is 5.90. The lowest BCUT2D eigenvalue weighted by Gasteiger charge is -1.91. The zero-order valence-electron chi connectivity index (χ0n) is 10.6. The zero-order valence-corrected chi connectivity index (χ0v) is 11.4. The minimum atomic E-state index is -1.09. The van der Waals surface area contributed by atoms with Crippen molar-refractivity contribution >= 4 is 28.8 Å². The lowest BCUT2D eigenvalue weighted by Crippen LogP contribution is -1.94. The molecule has 0 bridgehead atoms. The predicted molar refractivity (Wildman–Crippen MR) is 73.9 cm³/mol. The van der Waals surface area contributed by atoms with Crippen molar-refractivity contribution in [1.82, 2.24) is 15.1 Å². The number of carboxylic acids is 1. The van der Waals surface area contributed by atoms with E-state index < -0.39 is 5.97 Å². The van der Waals surface area contributed by atoms with Crippen LogP contribution in [0.15, 0.2) is 33.9 Å². The van der Waals surface area contributed by atoms with Crippen LogP contribution in [0.1, 0.15) is 21.8 Å². The molecule has 0 aliphatic heterocycles. The molecular formula is C13H11N3O3S. The number of carbonyl (C=O) groups is 1. The monoisotopic (exact) mass is 289 g/mol. The van der Waals surface area contributed by atoms with E-state index in [0.29, 0.717) is 11.5 Å². The third-order valence-electron chi connectivity index (χ3n) is 2.74. The maximum absolute atomic E-state index is 10.7. The zero-order chi connectivity index (χ0) is 14.1. The molecule has 7 heteroatoms. The highest BCUT2D eigenvalue weighted by Gasteiger charge is 2.11. The van der Waals surface area contributed by atoms with E-state index in [1.807, 2.05) is 25.1 Å². The number of aromatic amines is 1. The average Bonchev–Trinajstić information content (AvgIpc) is 3.01. The summed E-state index contributed by atoms with van der Waals surface area (Å²) in [5.41, 5.74) is 2.97. The topological polar surface area (TPSA) is 92.0 Å². The van der Waals surface area contributed by atoms with Crippen LogP contribution in [0.5, 0.6) is 0 Å². The summed E-state index contributed by atoms with van der Waals surface area (Å²) in [4.78, 5) is 18.3. The summed E-state index contributed by atoms with van der Waals surface area (Å²) >= 11 is 1.44. The Balaban J connectivity index is 1.74. The summed E-state index contributed by atoms with van der Waals surface area (Å²) in [7, 11) is 0. The van der Waals surface area contributed by atoms with Gasteiger partial charge in [-0.25, -0.2) is 9.78 Å². The lowest BCUT2D eigenvalue weighted by atomic mass is 10.2. The molecule has 2 heterocycles. The fourth-order valence-corrected chi connectivity index (χ4v) is 2.55. The van der Waals surface area contributed by atoms with E-state index >= 15 is 0 Å². The summed E-state index contributed by atoms with van der Waals surface area (Å²) in [6.45, 7) is 2.02. The van der Waals surface area contributed by atoms with Gasteiger partial charge in [-0.1, -0.05) is 23.0 Å². The van der Waals surface area contributed by atoms with Gasteiger partial charge in [-0.05, 0) is 24.6 Å². The van der Waals surface area contributed by atoms with Gasteiger partial charge in [0.05, 0.1) is 16.8 Å². The van der Waals surface area contributed by atoms with Gasteiger partial charge in [-0.15, -0.1) is 0 Å². The third-order valence-corrected chi connectivity index (χ3v) is 3.64. The molecule has 3 rings (SSSR count). The molecule has 3 aromatic rings. The number of nitrogens with one attached hydrogen (secondary N) is 1. The van der Waals surface area contributed by atoms with Crippen LogP contribution in [0.4, 0.5) is 0 Å². The van der Waals surface area contributed by atoms with E-state index in [0.717, 1.165) is 16.2 Å². The van der Waals surface area contributed by atoms with Crippen molar-refractivity contribution in [3.05, 3.63) is 41.3 Å². The molecule has 0 atom stereocenters. The van der Waals surface area contributed by atoms with Crippen LogP contribution >= 0.6 is 11.8 Å². The molecule has 0 aliphatic carbocycles. The molecule has 20 heavy (non-hydrogen) atoms. The van der Waals surface area contributed by atoms with Crippen molar-refractivity contribution in [1.29, 1.82) is 0 Å². The van der Waals surface area contributed by atoms with Crippen molar-refractivity contribution in [2.24, 2.45) is 0 Å². The Morgan fingerprint density at radius 3 is 3.05 bits per heavy atom. The van der Waals surface area contributed by atoms with Gasteiger partial charge in [0.25, 0.3) is 0 Å². The first kappa shape index (κ1) is 12.7. The smallest absolute Gasteiger partial charge is 0.358 e. The molecule has 0 fully saturated rings. The summed E-state index contributed by atoms with van der Waals surface area (Å²) in [6.07, 6.45) is 0. The molecule has 0 unspecified atom stereocenters. The Kier molecular flexibility index (Phi) is 3.19. The van der Waals surface area contributed by atoms with Gasteiger partial charge >= 0.3 is 5.97 Å². The number of imidazole rings is 1. The number of thioether (sulfide) groups is 1. The van der Waals surface area contributed by atoms with Crippen LogP contribution in [-0.2, 0) is 5.75 Å². The molecule has 0 spiro atoms. The first-order valence-corrected chi connectivity index (χ1v) is 6.88. The second-order valence-electron chi connectivity index (χ2n) is 4.33.